The number of nitrogens with zero attached hydrogens (tertiary/aromatic N) is 1. The first-order valence-electron chi connectivity index (χ1n) is 4.06. The summed E-state index contributed by atoms with van der Waals surface area (Å²) < 4.78 is 1.30. The molecule has 0 saturated carbocycles. The second kappa shape index (κ2) is 3.47. The average molecular weight is 187 g/mol. The number of imide groups is 1. The lowest BCUT2D eigenvalue weighted by Gasteiger charge is -2.14. The Hall–Kier alpha value is -0.510. The second-order valence-corrected chi connectivity index (χ2v) is 4.80. The standard InChI is InChI=1S/C8H13NO2S/c1-5(2)12-9-7(10)4-6(3)8(9)11/h5-6H,4H2,1-3H3. The molecule has 0 aromatic heterocycles. The SMILES string of the molecule is CC(C)SN1C(=O)CC(C)C1=O. The summed E-state index contributed by atoms with van der Waals surface area (Å²) in [5.41, 5.74) is 0. The molecular weight excluding hydrogens is 174 g/mol. The summed E-state index contributed by atoms with van der Waals surface area (Å²) in [6.07, 6.45) is 0.374. The fourth-order valence-electron chi connectivity index (χ4n) is 1.08. The first kappa shape index (κ1) is 9.58. The largest absolute Gasteiger partial charge is 0.273 e. The molecule has 0 N–H and O–H groups in total. The van der Waals surface area contributed by atoms with Gasteiger partial charge in [0.05, 0.1) is 0 Å². The number of rotatable bonds is 2. The van der Waals surface area contributed by atoms with Crippen molar-refractivity contribution in [2.75, 3.05) is 0 Å². The van der Waals surface area contributed by atoms with Gasteiger partial charge in [0, 0.05) is 17.6 Å². The fourth-order valence-corrected chi connectivity index (χ4v) is 1.97. The Bertz CT molecular complexity index is 215. The van der Waals surface area contributed by atoms with Crippen LogP contribution in [0.5, 0.6) is 0 Å². The highest BCUT2D eigenvalue weighted by atomic mass is 32.2. The molecule has 68 valence electrons. The van der Waals surface area contributed by atoms with Crippen LogP contribution < -0.4 is 0 Å². The third-order valence-electron chi connectivity index (χ3n) is 1.65. The average Bonchev–Trinajstić information content (AvgIpc) is 2.16. The first-order chi connectivity index (χ1) is 5.52. The zero-order valence-corrected chi connectivity index (χ0v) is 8.35. The molecule has 2 amide bonds. The quantitative estimate of drug-likeness (QED) is 0.485. The topological polar surface area (TPSA) is 37.4 Å². The van der Waals surface area contributed by atoms with E-state index in [4.69, 9.17) is 0 Å². The number of amides is 2. The Balaban J connectivity index is 2.64. The van der Waals surface area contributed by atoms with Gasteiger partial charge in [-0.2, -0.15) is 0 Å². The van der Waals surface area contributed by atoms with Gasteiger partial charge in [0.15, 0.2) is 0 Å². The van der Waals surface area contributed by atoms with E-state index in [0.717, 1.165) is 0 Å². The van der Waals surface area contributed by atoms with Crippen molar-refractivity contribution >= 4 is 23.8 Å². The van der Waals surface area contributed by atoms with E-state index in [1.54, 1.807) is 6.92 Å². The molecule has 0 aliphatic carbocycles. The number of hydrogen-bond acceptors (Lipinski definition) is 3. The van der Waals surface area contributed by atoms with Gasteiger partial charge in [-0.05, 0) is 11.9 Å². The molecular formula is C8H13NO2S. The third-order valence-corrected chi connectivity index (χ3v) is 2.66. The monoisotopic (exact) mass is 187 g/mol. The van der Waals surface area contributed by atoms with E-state index in [0.29, 0.717) is 6.42 Å². The van der Waals surface area contributed by atoms with Crippen molar-refractivity contribution in [2.45, 2.75) is 32.4 Å². The van der Waals surface area contributed by atoms with Gasteiger partial charge in [0.2, 0.25) is 11.8 Å². The van der Waals surface area contributed by atoms with Crippen molar-refractivity contribution in [2.24, 2.45) is 5.92 Å². The smallest absolute Gasteiger partial charge is 0.242 e. The zero-order valence-electron chi connectivity index (χ0n) is 7.53. The van der Waals surface area contributed by atoms with E-state index in [1.807, 2.05) is 13.8 Å². The zero-order chi connectivity index (χ0) is 9.30. The molecule has 0 aromatic carbocycles. The molecule has 0 radical (unpaired) electrons. The van der Waals surface area contributed by atoms with Crippen LogP contribution in [0.3, 0.4) is 0 Å². The van der Waals surface area contributed by atoms with E-state index in [2.05, 4.69) is 0 Å². The van der Waals surface area contributed by atoms with Crippen LogP contribution >= 0.6 is 11.9 Å². The lowest BCUT2D eigenvalue weighted by molar-refractivity contribution is -0.132. The van der Waals surface area contributed by atoms with E-state index in [-0.39, 0.29) is 23.0 Å². The number of hydrogen-bond donors (Lipinski definition) is 0. The fraction of sp³-hybridized carbons (Fsp3) is 0.750. The highest BCUT2D eigenvalue weighted by Gasteiger charge is 2.36. The van der Waals surface area contributed by atoms with E-state index in [1.165, 1.54) is 16.3 Å². The molecule has 0 spiro atoms. The molecule has 1 fully saturated rings. The number of carbonyl (C=O) groups excluding carboxylic acids is 2. The summed E-state index contributed by atoms with van der Waals surface area (Å²) in [6, 6.07) is 0. The molecule has 1 saturated heterocycles. The van der Waals surface area contributed by atoms with Crippen molar-refractivity contribution in [3.8, 4) is 0 Å². The van der Waals surface area contributed by atoms with Crippen molar-refractivity contribution in [1.82, 2.24) is 4.31 Å². The maximum Gasteiger partial charge on any atom is 0.242 e. The normalized spacial score (nSPS) is 24.3. The molecule has 4 heteroatoms. The van der Waals surface area contributed by atoms with Gasteiger partial charge in [0.25, 0.3) is 0 Å². The van der Waals surface area contributed by atoms with Crippen LogP contribution in [-0.4, -0.2) is 21.4 Å². The molecule has 1 unspecified atom stereocenters. The van der Waals surface area contributed by atoms with Gasteiger partial charge < -0.3 is 0 Å². The van der Waals surface area contributed by atoms with Gasteiger partial charge in [-0.1, -0.05) is 20.8 Å². The van der Waals surface area contributed by atoms with Crippen LogP contribution in [0.1, 0.15) is 27.2 Å². The summed E-state index contributed by atoms with van der Waals surface area (Å²) >= 11 is 1.32. The van der Waals surface area contributed by atoms with Crippen LogP contribution in [0.4, 0.5) is 0 Å². The summed E-state index contributed by atoms with van der Waals surface area (Å²) in [5.74, 6) is -0.214. The van der Waals surface area contributed by atoms with E-state index >= 15 is 0 Å². The maximum atomic E-state index is 11.3. The Morgan fingerprint density at radius 2 is 2.08 bits per heavy atom. The van der Waals surface area contributed by atoms with Gasteiger partial charge in [-0.3, -0.25) is 9.59 Å². The number of carbonyl (C=O) groups is 2. The molecule has 1 aliphatic heterocycles. The molecule has 0 bridgehead atoms. The lowest BCUT2D eigenvalue weighted by atomic mass is 10.1. The van der Waals surface area contributed by atoms with E-state index in [9.17, 15) is 9.59 Å². The molecule has 12 heavy (non-hydrogen) atoms. The van der Waals surface area contributed by atoms with Crippen molar-refractivity contribution in [3.63, 3.8) is 0 Å². The van der Waals surface area contributed by atoms with E-state index < -0.39 is 0 Å². The molecule has 1 heterocycles. The van der Waals surface area contributed by atoms with Crippen molar-refractivity contribution in [3.05, 3.63) is 0 Å². The first-order valence-corrected chi connectivity index (χ1v) is 4.89. The van der Waals surface area contributed by atoms with Crippen molar-refractivity contribution < 1.29 is 9.59 Å². The maximum absolute atomic E-state index is 11.3. The van der Waals surface area contributed by atoms with Crippen LogP contribution in [0, 0.1) is 5.92 Å². The summed E-state index contributed by atoms with van der Waals surface area (Å²) in [6.45, 7) is 5.73. The minimum Gasteiger partial charge on any atom is -0.273 e. The van der Waals surface area contributed by atoms with Gasteiger partial charge >= 0.3 is 0 Å². The lowest BCUT2D eigenvalue weighted by Crippen LogP contribution is -2.24. The Labute approximate surface area is 76.6 Å². The molecule has 1 aliphatic rings. The van der Waals surface area contributed by atoms with Crippen LogP contribution in [0.15, 0.2) is 0 Å². The van der Waals surface area contributed by atoms with Crippen LogP contribution in [0.25, 0.3) is 0 Å². The molecule has 3 nitrogen and oxygen atoms in total. The van der Waals surface area contributed by atoms with Crippen LogP contribution in [-0.2, 0) is 9.59 Å². The minimum atomic E-state index is -0.122. The highest BCUT2D eigenvalue weighted by Crippen LogP contribution is 2.27. The van der Waals surface area contributed by atoms with Gasteiger partial charge in [-0.25, -0.2) is 4.31 Å². The Kier molecular flexibility index (Phi) is 2.77. The predicted molar refractivity (Wildman–Crippen MR) is 48.4 cm³/mol. The predicted octanol–water partition coefficient (Wildman–Crippen LogP) is 1.44. The summed E-state index contributed by atoms with van der Waals surface area (Å²) in [4.78, 5) is 22.6. The highest BCUT2D eigenvalue weighted by molar-refractivity contribution is 7.98. The van der Waals surface area contributed by atoms with Crippen molar-refractivity contribution in [1.29, 1.82) is 0 Å². The van der Waals surface area contributed by atoms with Gasteiger partial charge in [0.1, 0.15) is 0 Å². The molecule has 1 rings (SSSR count). The molecule has 1 atom stereocenters. The molecule has 0 aromatic rings. The minimum absolute atomic E-state index is 0.0429. The Morgan fingerprint density at radius 1 is 1.50 bits per heavy atom. The van der Waals surface area contributed by atoms with Crippen LogP contribution in [0.2, 0.25) is 0 Å². The summed E-state index contributed by atoms with van der Waals surface area (Å²) in [7, 11) is 0. The second-order valence-electron chi connectivity index (χ2n) is 3.29. The Morgan fingerprint density at radius 3 is 2.42 bits per heavy atom. The third kappa shape index (κ3) is 1.80. The van der Waals surface area contributed by atoms with Gasteiger partial charge in [-0.15, -0.1) is 0 Å². The summed E-state index contributed by atoms with van der Waals surface area (Å²) in [5, 5.41) is 0.281.